The minimum absolute atomic E-state index is 0.00943. The van der Waals surface area contributed by atoms with Crippen LogP contribution in [0.4, 0.5) is 24.5 Å². The third-order valence-electron chi connectivity index (χ3n) is 3.11. The van der Waals surface area contributed by atoms with Gasteiger partial charge in [0, 0.05) is 6.07 Å². The van der Waals surface area contributed by atoms with E-state index >= 15 is 0 Å². The number of anilines is 1. The topological polar surface area (TPSA) is 98.5 Å². The van der Waals surface area contributed by atoms with Crippen molar-refractivity contribution in [2.75, 3.05) is 4.72 Å². The van der Waals surface area contributed by atoms with Crippen LogP contribution in [-0.2, 0) is 10.0 Å². The van der Waals surface area contributed by atoms with E-state index in [-0.39, 0.29) is 21.8 Å². The van der Waals surface area contributed by atoms with Crippen LogP contribution in [-0.4, -0.2) is 19.7 Å². The number of ether oxygens (including phenoxy) is 1. The fourth-order valence-corrected chi connectivity index (χ4v) is 3.08. The molecular weight excluding hydrogens is 365 g/mol. The molecule has 0 saturated heterocycles. The van der Waals surface area contributed by atoms with Gasteiger partial charge in [0.05, 0.1) is 21.1 Å². The highest BCUT2D eigenvalue weighted by atomic mass is 32.2. The number of sulfonamides is 1. The zero-order valence-corrected chi connectivity index (χ0v) is 13.4. The molecule has 2 rings (SSSR count). The highest BCUT2D eigenvalue weighted by Crippen LogP contribution is 2.28. The first-order valence-corrected chi connectivity index (χ1v) is 8.10. The van der Waals surface area contributed by atoms with E-state index in [1.54, 1.807) is 0 Å². The predicted molar refractivity (Wildman–Crippen MR) is 81.8 cm³/mol. The van der Waals surface area contributed by atoms with Gasteiger partial charge in [-0.1, -0.05) is 6.07 Å². The minimum atomic E-state index is -4.89. The average molecular weight is 376 g/mol. The van der Waals surface area contributed by atoms with E-state index in [9.17, 15) is 31.7 Å². The molecule has 11 heteroatoms. The summed E-state index contributed by atoms with van der Waals surface area (Å²) in [5.41, 5.74) is -0.174. The normalized spacial score (nSPS) is 11.8. The zero-order chi connectivity index (χ0) is 18.8. The van der Waals surface area contributed by atoms with Gasteiger partial charge in [-0.2, -0.15) is 0 Å². The fraction of sp³-hybridized carbons (Fsp3) is 0.143. The largest absolute Gasteiger partial charge is 0.573 e. The number of nitro benzene ring substituents is 1. The maximum atomic E-state index is 12.3. The van der Waals surface area contributed by atoms with Crippen LogP contribution in [0.3, 0.4) is 0 Å². The monoisotopic (exact) mass is 376 g/mol. The molecule has 0 atom stereocenters. The van der Waals surface area contributed by atoms with E-state index in [1.165, 1.54) is 25.1 Å². The van der Waals surface area contributed by atoms with Crippen molar-refractivity contribution in [3.05, 3.63) is 58.1 Å². The molecule has 7 nitrogen and oxygen atoms in total. The third kappa shape index (κ3) is 4.59. The molecule has 0 bridgehead atoms. The summed E-state index contributed by atoms with van der Waals surface area (Å²) in [6.45, 7) is 1.37. The van der Waals surface area contributed by atoms with Gasteiger partial charge in [0.25, 0.3) is 15.7 Å². The number of nitrogens with one attached hydrogen (secondary N) is 1. The number of hydrogen-bond acceptors (Lipinski definition) is 5. The SMILES string of the molecule is Cc1c(NS(=O)(=O)c2ccc(OC(F)(F)F)cc2)cccc1[N+](=O)[O-]. The molecule has 0 aliphatic rings. The summed E-state index contributed by atoms with van der Waals surface area (Å²) in [7, 11) is -4.15. The summed E-state index contributed by atoms with van der Waals surface area (Å²) < 4.78 is 66.7. The van der Waals surface area contributed by atoms with Gasteiger partial charge < -0.3 is 4.74 Å². The highest BCUT2D eigenvalue weighted by Gasteiger charge is 2.31. The zero-order valence-electron chi connectivity index (χ0n) is 12.6. The molecule has 2 aromatic rings. The molecule has 0 heterocycles. The van der Waals surface area contributed by atoms with Crippen molar-refractivity contribution < 1.29 is 31.2 Å². The first-order valence-electron chi connectivity index (χ1n) is 6.62. The Bertz CT molecular complexity index is 896. The van der Waals surface area contributed by atoms with Crippen LogP contribution in [0.25, 0.3) is 0 Å². The van der Waals surface area contributed by atoms with Gasteiger partial charge in [-0.05, 0) is 37.3 Å². The number of alkyl halides is 3. The molecule has 2 aromatic carbocycles. The van der Waals surface area contributed by atoms with E-state index < -0.39 is 27.1 Å². The van der Waals surface area contributed by atoms with Crippen LogP contribution >= 0.6 is 0 Å². The quantitative estimate of drug-likeness (QED) is 0.635. The van der Waals surface area contributed by atoms with E-state index in [0.717, 1.165) is 24.3 Å². The molecule has 0 aliphatic carbocycles. The standard InChI is InChI=1S/C14H11F3N2O5S/c1-9-12(3-2-4-13(9)19(20)21)18-25(22,23)11-7-5-10(6-8-11)24-14(15,16)17/h2-8,18H,1H3. The van der Waals surface area contributed by atoms with E-state index in [4.69, 9.17) is 0 Å². The Morgan fingerprint density at radius 3 is 2.24 bits per heavy atom. The molecule has 0 saturated carbocycles. The van der Waals surface area contributed by atoms with Crippen LogP contribution < -0.4 is 9.46 Å². The summed E-state index contributed by atoms with van der Waals surface area (Å²) in [6.07, 6.45) is -4.89. The Morgan fingerprint density at radius 1 is 1.12 bits per heavy atom. The van der Waals surface area contributed by atoms with Crippen LogP contribution in [0, 0.1) is 17.0 Å². The third-order valence-corrected chi connectivity index (χ3v) is 4.50. The van der Waals surface area contributed by atoms with Crippen LogP contribution in [0.5, 0.6) is 5.75 Å². The van der Waals surface area contributed by atoms with Crippen molar-refractivity contribution in [2.24, 2.45) is 0 Å². The molecule has 0 radical (unpaired) electrons. The number of nitrogens with zero attached hydrogens (tertiary/aromatic N) is 1. The van der Waals surface area contributed by atoms with Crippen LogP contribution in [0.15, 0.2) is 47.4 Å². The van der Waals surface area contributed by atoms with E-state index in [0.29, 0.717) is 0 Å². The van der Waals surface area contributed by atoms with E-state index in [1.807, 2.05) is 0 Å². The summed E-state index contributed by atoms with van der Waals surface area (Å²) in [6, 6.07) is 7.41. The summed E-state index contributed by atoms with van der Waals surface area (Å²) in [5.74, 6) is -0.571. The molecular formula is C14H11F3N2O5S. The predicted octanol–water partition coefficient (Wildman–Crippen LogP) is 3.60. The average Bonchev–Trinajstić information content (AvgIpc) is 2.48. The Balaban J connectivity index is 2.28. The van der Waals surface area contributed by atoms with Crippen LogP contribution in [0.2, 0.25) is 0 Å². The highest BCUT2D eigenvalue weighted by molar-refractivity contribution is 7.92. The Morgan fingerprint density at radius 2 is 1.72 bits per heavy atom. The second-order valence-electron chi connectivity index (χ2n) is 4.83. The summed E-state index contributed by atoms with van der Waals surface area (Å²) in [4.78, 5) is 9.90. The van der Waals surface area contributed by atoms with Crippen molar-refractivity contribution in [1.82, 2.24) is 0 Å². The first-order chi connectivity index (χ1) is 11.5. The number of nitro groups is 1. The lowest BCUT2D eigenvalue weighted by molar-refractivity contribution is -0.385. The molecule has 134 valence electrons. The van der Waals surface area contributed by atoms with Crippen molar-refractivity contribution in [1.29, 1.82) is 0 Å². The van der Waals surface area contributed by atoms with E-state index in [2.05, 4.69) is 9.46 Å². The molecule has 0 amide bonds. The van der Waals surface area contributed by atoms with Crippen molar-refractivity contribution in [3.63, 3.8) is 0 Å². The van der Waals surface area contributed by atoms with Crippen molar-refractivity contribution >= 4 is 21.4 Å². The molecule has 1 N–H and O–H groups in total. The van der Waals surface area contributed by atoms with Crippen molar-refractivity contribution in [3.8, 4) is 5.75 Å². The van der Waals surface area contributed by atoms with Gasteiger partial charge in [0.1, 0.15) is 5.75 Å². The molecule has 25 heavy (non-hydrogen) atoms. The van der Waals surface area contributed by atoms with Gasteiger partial charge in [0.15, 0.2) is 0 Å². The number of halogens is 3. The lowest BCUT2D eigenvalue weighted by atomic mass is 10.2. The second kappa shape index (κ2) is 6.59. The Kier molecular flexibility index (Phi) is 4.88. The second-order valence-corrected chi connectivity index (χ2v) is 6.51. The number of benzene rings is 2. The molecule has 0 fully saturated rings. The number of rotatable bonds is 5. The number of hydrogen-bond donors (Lipinski definition) is 1. The minimum Gasteiger partial charge on any atom is -0.406 e. The summed E-state index contributed by atoms with van der Waals surface area (Å²) >= 11 is 0. The van der Waals surface area contributed by atoms with Crippen LogP contribution in [0.1, 0.15) is 5.56 Å². The van der Waals surface area contributed by atoms with Gasteiger partial charge >= 0.3 is 6.36 Å². The molecule has 0 aromatic heterocycles. The van der Waals surface area contributed by atoms with Crippen molar-refractivity contribution in [2.45, 2.75) is 18.2 Å². The Hall–Kier alpha value is -2.82. The molecule has 0 spiro atoms. The van der Waals surface area contributed by atoms with Gasteiger partial charge in [-0.3, -0.25) is 14.8 Å². The first kappa shape index (κ1) is 18.5. The maximum absolute atomic E-state index is 12.3. The maximum Gasteiger partial charge on any atom is 0.573 e. The summed E-state index contributed by atoms with van der Waals surface area (Å²) in [5, 5.41) is 10.9. The lowest BCUT2D eigenvalue weighted by Crippen LogP contribution is -2.17. The van der Waals surface area contributed by atoms with Gasteiger partial charge in [0.2, 0.25) is 0 Å². The smallest absolute Gasteiger partial charge is 0.406 e. The Labute approximate surface area is 140 Å². The van der Waals surface area contributed by atoms with Gasteiger partial charge in [-0.25, -0.2) is 8.42 Å². The molecule has 0 aliphatic heterocycles. The van der Waals surface area contributed by atoms with Gasteiger partial charge in [-0.15, -0.1) is 13.2 Å². The fourth-order valence-electron chi connectivity index (χ4n) is 1.96. The molecule has 0 unspecified atom stereocenters. The lowest BCUT2D eigenvalue weighted by Gasteiger charge is -2.12.